The van der Waals surface area contributed by atoms with Crippen molar-refractivity contribution in [1.29, 1.82) is 0 Å². The van der Waals surface area contributed by atoms with Crippen LogP contribution >= 0.6 is 11.3 Å². The molecule has 7 heteroatoms. The average Bonchev–Trinajstić information content (AvgIpc) is 2.76. The second-order valence-corrected chi connectivity index (χ2v) is 4.44. The van der Waals surface area contributed by atoms with Crippen molar-refractivity contribution in [3.8, 4) is 11.3 Å². The molecule has 18 heavy (non-hydrogen) atoms. The maximum absolute atomic E-state index is 10.5. The highest BCUT2D eigenvalue weighted by Gasteiger charge is 2.09. The molecule has 0 aliphatic rings. The van der Waals surface area contributed by atoms with Gasteiger partial charge in [0.25, 0.3) is 5.69 Å². The maximum Gasteiger partial charge on any atom is 0.310 e. The van der Waals surface area contributed by atoms with Crippen LogP contribution in [0, 0.1) is 10.1 Å². The smallest absolute Gasteiger partial charge is 0.310 e. The maximum atomic E-state index is 10.5. The van der Waals surface area contributed by atoms with Crippen molar-refractivity contribution >= 4 is 23.0 Å². The number of aliphatic carboxylic acids is 1. The first-order chi connectivity index (χ1) is 8.56. The third-order valence-corrected chi connectivity index (χ3v) is 3.08. The van der Waals surface area contributed by atoms with Crippen molar-refractivity contribution in [1.82, 2.24) is 4.98 Å². The molecule has 0 fully saturated rings. The fourth-order valence-electron chi connectivity index (χ4n) is 1.41. The van der Waals surface area contributed by atoms with Gasteiger partial charge in [0.05, 0.1) is 17.0 Å². The van der Waals surface area contributed by atoms with Crippen molar-refractivity contribution < 1.29 is 14.8 Å². The summed E-state index contributed by atoms with van der Waals surface area (Å²) >= 11 is 1.26. The highest BCUT2D eigenvalue weighted by molar-refractivity contribution is 7.10. The zero-order valence-electron chi connectivity index (χ0n) is 9.07. The van der Waals surface area contributed by atoms with E-state index >= 15 is 0 Å². The Kier molecular flexibility index (Phi) is 3.33. The van der Waals surface area contributed by atoms with Gasteiger partial charge in [0.2, 0.25) is 0 Å². The van der Waals surface area contributed by atoms with E-state index in [1.54, 1.807) is 17.5 Å². The summed E-state index contributed by atoms with van der Waals surface area (Å²) in [6, 6.07) is 5.98. The Bertz CT molecular complexity index is 591. The second-order valence-electron chi connectivity index (χ2n) is 3.50. The van der Waals surface area contributed by atoms with Gasteiger partial charge in [-0.25, -0.2) is 4.98 Å². The van der Waals surface area contributed by atoms with Crippen molar-refractivity contribution in [2.24, 2.45) is 0 Å². The van der Waals surface area contributed by atoms with E-state index in [1.165, 1.54) is 23.5 Å². The van der Waals surface area contributed by atoms with Crippen LogP contribution in [0.15, 0.2) is 29.6 Å². The zero-order valence-corrected chi connectivity index (χ0v) is 9.88. The molecule has 0 aliphatic carbocycles. The SMILES string of the molecule is O=C(O)Cc1nc(-c2ccc([N+](=O)[O-])cc2)cs1. The summed E-state index contributed by atoms with van der Waals surface area (Å²) < 4.78 is 0. The number of thiazole rings is 1. The van der Waals surface area contributed by atoms with Gasteiger partial charge in [-0.05, 0) is 12.1 Å². The van der Waals surface area contributed by atoms with E-state index in [1.807, 2.05) is 0 Å². The van der Waals surface area contributed by atoms with Crippen molar-refractivity contribution in [3.63, 3.8) is 0 Å². The first kappa shape index (κ1) is 12.2. The molecular weight excluding hydrogens is 256 g/mol. The Balaban J connectivity index is 2.23. The fraction of sp³-hybridized carbons (Fsp3) is 0.0909. The van der Waals surface area contributed by atoms with Crippen LogP contribution < -0.4 is 0 Å². The molecular formula is C11H8N2O4S. The monoisotopic (exact) mass is 264 g/mol. The molecule has 0 atom stereocenters. The van der Waals surface area contributed by atoms with E-state index in [-0.39, 0.29) is 12.1 Å². The minimum absolute atomic E-state index is 0.0136. The summed E-state index contributed by atoms with van der Waals surface area (Å²) in [6.45, 7) is 0. The number of nitro benzene ring substituents is 1. The van der Waals surface area contributed by atoms with Gasteiger partial charge in [-0.1, -0.05) is 0 Å². The van der Waals surface area contributed by atoms with Gasteiger partial charge < -0.3 is 5.11 Å². The quantitative estimate of drug-likeness (QED) is 0.675. The summed E-state index contributed by atoms with van der Waals surface area (Å²) in [5.74, 6) is -0.931. The van der Waals surface area contributed by atoms with Crippen molar-refractivity contribution in [2.45, 2.75) is 6.42 Å². The van der Waals surface area contributed by atoms with E-state index in [2.05, 4.69) is 4.98 Å². The van der Waals surface area contributed by atoms with Gasteiger partial charge in [0.15, 0.2) is 0 Å². The number of nitro groups is 1. The molecule has 92 valence electrons. The van der Waals surface area contributed by atoms with E-state index in [0.717, 1.165) is 5.56 Å². The number of benzene rings is 1. The Morgan fingerprint density at radius 1 is 1.39 bits per heavy atom. The molecule has 0 saturated heterocycles. The summed E-state index contributed by atoms with van der Waals surface area (Å²) in [6.07, 6.45) is -0.113. The van der Waals surface area contributed by atoms with Gasteiger partial charge in [0.1, 0.15) is 5.01 Å². The third kappa shape index (κ3) is 2.69. The zero-order chi connectivity index (χ0) is 13.1. The summed E-state index contributed by atoms with van der Waals surface area (Å²) in [5.41, 5.74) is 1.37. The first-order valence-electron chi connectivity index (χ1n) is 4.97. The molecule has 1 N–H and O–H groups in total. The molecule has 0 unspecified atom stereocenters. The van der Waals surface area contributed by atoms with E-state index in [4.69, 9.17) is 5.11 Å². The van der Waals surface area contributed by atoms with E-state index in [9.17, 15) is 14.9 Å². The lowest BCUT2D eigenvalue weighted by atomic mass is 10.1. The van der Waals surface area contributed by atoms with Crippen LogP contribution in [0.4, 0.5) is 5.69 Å². The minimum atomic E-state index is -0.931. The fourth-order valence-corrected chi connectivity index (χ4v) is 2.20. The molecule has 0 amide bonds. The topological polar surface area (TPSA) is 93.3 Å². The first-order valence-corrected chi connectivity index (χ1v) is 5.85. The second kappa shape index (κ2) is 4.92. The number of non-ortho nitro benzene ring substituents is 1. The molecule has 0 radical (unpaired) electrons. The molecule has 0 aliphatic heterocycles. The third-order valence-electron chi connectivity index (χ3n) is 2.23. The van der Waals surface area contributed by atoms with Gasteiger partial charge in [0, 0.05) is 23.1 Å². The molecule has 1 heterocycles. The normalized spacial score (nSPS) is 10.2. The van der Waals surface area contributed by atoms with Crippen LogP contribution in [-0.2, 0) is 11.2 Å². The van der Waals surface area contributed by atoms with Gasteiger partial charge in [-0.3, -0.25) is 14.9 Å². The van der Waals surface area contributed by atoms with Crippen LogP contribution in [0.3, 0.4) is 0 Å². The lowest BCUT2D eigenvalue weighted by Gasteiger charge is -1.96. The van der Waals surface area contributed by atoms with Crippen LogP contribution in [0.1, 0.15) is 5.01 Å². The van der Waals surface area contributed by atoms with Gasteiger partial charge in [-0.15, -0.1) is 11.3 Å². The van der Waals surface area contributed by atoms with Gasteiger partial charge >= 0.3 is 5.97 Å². The highest BCUT2D eigenvalue weighted by Crippen LogP contribution is 2.24. The Hall–Kier alpha value is -2.28. The lowest BCUT2D eigenvalue weighted by Crippen LogP contribution is -1.99. The summed E-state index contributed by atoms with van der Waals surface area (Å²) in [5, 5.41) is 21.4. The number of aromatic nitrogens is 1. The summed E-state index contributed by atoms with van der Waals surface area (Å²) in [7, 11) is 0. The van der Waals surface area contributed by atoms with Crippen LogP contribution in [0.2, 0.25) is 0 Å². The summed E-state index contributed by atoms with van der Waals surface area (Å²) in [4.78, 5) is 24.7. The molecule has 2 aromatic rings. The lowest BCUT2D eigenvalue weighted by molar-refractivity contribution is -0.384. The minimum Gasteiger partial charge on any atom is -0.481 e. The van der Waals surface area contributed by atoms with Crippen molar-refractivity contribution in [2.75, 3.05) is 0 Å². The molecule has 0 bridgehead atoms. The molecule has 0 spiro atoms. The molecule has 6 nitrogen and oxygen atoms in total. The molecule has 0 saturated carbocycles. The van der Waals surface area contributed by atoms with Gasteiger partial charge in [-0.2, -0.15) is 0 Å². The number of carbonyl (C=O) groups is 1. The molecule has 1 aromatic carbocycles. The number of nitrogens with zero attached hydrogens (tertiary/aromatic N) is 2. The van der Waals surface area contributed by atoms with Crippen LogP contribution in [0.25, 0.3) is 11.3 Å². The largest absolute Gasteiger partial charge is 0.481 e. The van der Waals surface area contributed by atoms with E-state index < -0.39 is 10.9 Å². The predicted octanol–water partition coefficient (Wildman–Crippen LogP) is 2.35. The standard InChI is InChI=1S/C11H8N2O4S/c14-11(15)5-10-12-9(6-18-10)7-1-3-8(4-2-7)13(16)17/h1-4,6H,5H2,(H,14,15). The highest BCUT2D eigenvalue weighted by atomic mass is 32.1. The average molecular weight is 264 g/mol. The molecule has 2 rings (SSSR count). The Morgan fingerprint density at radius 3 is 2.61 bits per heavy atom. The van der Waals surface area contributed by atoms with Crippen LogP contribution in [-0.4, -0.2) is 21.0 Å². The number of hydrogen-bond donors (Lipinski definition) is 1. The number of hydrogen-bond acceptors (Lipinski definition) is 5. The Labute approximate surface area is 106 Å². The Morgan fingerprint density at radius 2 is 2.06 bits per heavy atom. The molecule has 1 aromatic heterocycles. The van der Waals surface area contributed by atoms with Crippen LogP contribution in [0.5, 0.6) is 0 Å². The predicted molar refractivity (Wildman–Crippen MR) is 65.5 cm³/mol. The number of rotatable bonds is 4. The van der Waals surface area contributed by atoms with Crippen molar-refractivity contribution in [3.05, 3.63) is 44.8 Å². The number of carboxylic acid groups (broad SMARTS) is 1. The number of carboxylic acids is 1. The van der Waals surface area contributed by atoms with E-state index in [0.29, 0.717) is 10.7 Å².